The molecule has 0 atom stereocenters. The van der Waals surface area contributed by atoms with Gasteiger partial charge in [-0.1, -0.05) is 36.8 Å². The van der Waals surface area contributed by atoms with Crippen molar-refractivity contribution in [2.45, 2.75) is 44.7 Å². The van der Waals surface area contributed by atoms with Crippen LogP contribution in [-0.4, -0.2) is 63.1 Å². The molecule has 2 aliphatic rings. The van der Waals surface area contributed by atoms with E-state index >= 15 is 0 Å². The van der Waals surface area contributed by atoms with Crippen molar-refractivity contribution in [1.82, 2.24) is 19.8 Å². The molecular formula is C26H29BrN4O2. The quantitative estimate of drug-likeness (QED) is 0.510. The molecule has 2 fully saturated rings. The molecule has 2 aromatic heterocycles. The standard InChI is InChI=1S/C26H29BrN4O2/c27-19-15-21-23(26(32)33)22(24(29-25(21)28-16-19)18-7-3-1-4-8-18)17-30-13-9-20(10-14-30)31-11-5-2-6-12-31/h1,3-4,7-8,15-16,20H,2,5-6,9-14,17H2,(H,32,33). The van der Waals surface area contributed by atoms with Crippen molar-refractivity contribution in [2.24, 2.45) is 0 Å². The fraction of sp³-hybridized carbons (Fsp3) is 0.423. The lowest BCUT2D eigenvalue weighted by molar-refractivity contribution is 0.0692. The van der Waals surface area contributed by atoms with Crippen molar-refractivity contribution >= 4 is 32.9 Å². The van der Waals surface area contributed by atoms with Crippen molar-refractivity contribution in [3.8, 4) is 11.3 Å². The lowest BCUT2D eigenvalue weighted by atomic mass is 9.95. The van der Waals surface area contributed by atoms with Crippen molar-refractivity contribution in [3.63, 3.8) is 0 Å². The van der Waals surface area contributed by atoms with Crippen LogP contribution in [0.15, 0.2) is 47.1 Å². The lowest BCUT2D eigenvalue weighted by Crippen LogP contribution is -2.46. The van der Waals surface area contributed by atoms with Gasteiger partial charge in [-0.2, -0.15) is 0 Å². The highest BCUT2D eigenvalue weighted by Gasteiger charge is 2.28. The van der Waals surface area contributed by atoms with E-state index in [1.54, 1.807) is 6.20 Å². The lowest BCUT2D eigenvalue weighted by Gasteiger charge is -2.40. The fourth-order valence-electron chi connectivity index (χ4n) is 5.34. The van der Waals surface area contributed by atoms with Gasteiger partial charge in [0, 0.05) is 39.8 Å². The Kier molecular flexibility index (Phi) is 6.71. The molecular weight excluding hydrogens is 480 g/mol. The van der Waals surface area contributed by atoms with Gasteiger partial charge in [0.25, 0.3) is 0 Å². The van der Waals surface area contributed by atoms with Gasteiger partial charge in [-0.25, -0.2) is 14.8 Å². The molecule has 33 heavy (non-hydrogen) atoms. The van der Waals surface area contributed by atoms with Crippen LogP contribution in [-0.2, 0) is 6.54 Å². The van der Waals surface area contributed by atoms with Crippen LogP contribution in [0.4, 0.5) is 0 Å². The second kappa shape index (κ2) is 9.87. The Balaban J connectivity index is 1.49. The van der Waals surface area contributed by atoms with E-state index in [0.29, 0.717) is 34.9 Å². The molecule has 5 rings (SSSR count). The van der Waals surface area contributed by atoms with E-state index in [1.165, 1.54) is 32.4 Å². The molecule has 7 heteroatoms. The smallest absolute Gasteiger partial charge is 0.336 e. The molecule has 2 saturated heterocycles. The van der Waals surface area contributed by atoms with Crippen LogP contribution in [0, 0.1) is 0 Å². The predicted octanol–water partition coefficient (Wildman–Crippen LogP) is 5.21. The minimum absolute atomic E-state index is 0.311. The number of aromatic carboxylic acids is 1. The van der Waals surface area contributed by atoms with Crippen molar-refractivity contribution in [1.29, 1.82) is 0 Å². The highest BCUT2D eigenvalue weighted by atomic mass is 79.9. The van der Waals surface area contributed by atoms with Gasteiger partial charge >= 0.3 is 5.97 Å². The Bertz CT molecular complexity index is 1140. The average molecular weight is 509 g/mol. The molecule has 1 N–H and O–H groups in total. The first-order chi connectivity index (χ1) is 16.1. The summed E-state index contributed by atoms with van der Waals surface area (Å²) in [7, 11) is 0. The molecule has 0 radical (unpaired) electrons. The number of aromatic nitrogens is 2. The maximum atomic E-state index is 12.5. The largest absolute Gasteiger partial charge is 0.478 e. The van der Waals surface area contributed by atoms with E-state index in [0.717, 1.165) is 41.5 Å². The van der Waals surface area contributed by atoms with Crippen LogP contribution >= 0.6 is 15.9 Å². The van der Waals surface area contributed by atoms with E-state index in [-0.39, 0.29) is 0 Å². The van der Waals surface area contributed by atoms with Crippen molar-refractivity contribution in [2.75, 3.05) is 26.2 Å². The molecule has 4 heterocycles. The number of halogens is 1. The van der Waals surface area contributed by atoms with Gasteiger partial charge < -0.3 is 10.0 Å². The monoisotopic (exact) mass is 508 g/mol. The Hall–Kier alpha value is -2.35. The van der Waals surface area contributed by atoms with E-state index in [2.05, 4.69) is 30.7 Å². The van der Waals surface area contributed by atoms with E-state index < -0.39 is 5.97 Å². The van der Waals surface area contributed by atoms with Gasteiger partial charge in [0.1, 0.15) is 0 Å². The summed E-state index contributed by atoms with van der Waals surface area (Å²) in [6.45, 7) is 4.98. The Morgan fingerprint density at radius 2 is 1.79 bits per heavy atom. The normalized spacial score (nSPS) is 18.6. The van der Waals surface area contributed by atoms with Crippen LogP contribution in [0.3, 0.4) is 0 Å². The number of pyridine rings is 2. The first-order valence-electron chi connectivity index (χ1n) is 11.8. The molecule has 172 valence electrons. The van der Waals surface area contributed by atoms with Crippen molar-refractivity contribution in [3.05, 3.63) is 58.2 Å². The van der Waals surface area contributed by atoms with Crippen LogP contribution in [0.25, 0.3) is 22.3 Å². The minimum Gasteiger partial charge on any atom is -0.478 e. The van der Waals surface area contributed by atoms with E-state index in [4.69, 9.17) is 4.98 Å². The highest BCUT2D eigenvalue weighted by molar-refractivity contribution is 9.10. The predicted molar refractivity (Wildman–Crippen MR) is 133 cm³/mol. The Labute approximate surface area is 202 Å². The summed E-state index contributed by atoms with van der Waals surface area (Å²) in [5.74, 6) is -0.933. The van der Waals surface area contributed by atoms with Gasteiger partial charge in [-0.15, -0.1) is 0 Å². The molecule has 0 spiro atoms. The fourth-order valence-corrected chi connectivity index (χ4v) is 5.67. The van der Waals surface area contributed by atoms with E-state index in [9.17, 15) is 9.90 Å². The molecule has 2 aliphatic heterocycles. The third-order valence-electron chi connectivity index (χ3n) is 7.01. The topological polar surface area (TPSA) is 69.6 Å². The summed E-state index contributed by atoms with van der Waals surface area (Å²) in [4.78, 5) is 26.9. The number of benzene rings is 1. The molecule has 3 aromatic rings. The third kappa shape index (κ3) is 4.81. The Morgan fingerprint density at radius 1 is 1.06 bits per heavy atom. The van der Waals surface area contributed by atoms with Crippen LogP contribution in [0.5, 0.6) is 0 Å². The van der Waals surface area contributed by atoms with E-state index in [1.807, 2.05) is 36.4 Å². The summed E-state index contributed by atoms with van der Waals surface area (Å²) in [6, 6.07) is 12.3. The van der Waals surface area contributed by atoms with Crippen LogP contribution < -0.4 is 0 Å². The number of carbonyl (C=O) groups is 1. The van der Waals surface area contributed by atoms with Crippen LogP contribution in [0.1, 0.15) is 48.0 Å². The SMILES string of the molecule is O=C(O)c1c(CN2CCC(N3CCCCC3)CC2)c(-c2ccccc2)nc2ncc(Br)cc12. The summed E-state index contributed by atoms with van der Waals surface area (Å²) in [6.07, 6.45) is 7.93. The molecule has 0 saturated carbocycles. The molecule has 0 bridgehead atoms. The minimum atomic E-state index is -0.933. The molecule has 0 unspecified atom stereocenters. The zero-order valence-electron chi connectivity index (χ0n) is 18.7. The summed E-state index contributed by atoms with van der Waals surface area (Å²) >= 11 is 3.45. The second-order valence-electron chi connectivity index (χ2n) is 9.11. The van der Waals surface area contributed by atoms with Crippen molar-refractivity contribution < 1.29 is 9.90 Å². The van der Waals surface area contributed by atoms with Gasteiger partial charge in [-0.05, 0) is 73.9 Å². The number of nitrogens with zero attached hydrogens (tertiary/aromatic N) is 4. The van der Waals surface area contributed by atoms with Gasteiger partial charge in [-0.3, -0.25) is 4.90 Å². The zero-order valence-corrected chi connectivity index (χ0v) is 20.3. The molecule has 0 amide bonds. The summed E-state index contributed by atoms with van der Waals surface area (Å²) in [5, 5.41) is 10.9. The first kappa shape index (κ1) is 22.4. The number of carboxylic acids is 1. The van der Waals surface area contributed by atoms with Gasteiger partial charge in [0.05, 0.1) is 11.3 Å². The maximum Gasteiger partial charge on any atom is 0.336 e. The maximum absolute atomic E-state index is 12.5. The van der Waals surface area contributed by atoms with Gasteiger partial charge in [0.2, 0.25) is 0 Å². The molecule has 0 aliphatic carbocycles. The number of rotatable bonds is 5. The zero-order chi connectivity index (χ0) is 22.8. The average Bonchev–Trinajstić information content (AvgIpc) is 2.85. The number of hydrogen-bond acceptors (Lipinski definition) is 5. The van der Waals surface area contributed by atoms with Crippen LogP contribution in [0.2, 0.25) is 0 Å². The first-order valence-corrected chi connectivity index (χ1v) is 12.6. The number of likely N-dealkylation sites (tertiary alicyclic amines) is 2. The molecule has 6 nitrogen and oxygen atoms in total. The second-order valence-corrected chi connectivity index (χ2v) is 10.0. The molecule has 1 aromatic carbocycles. The van der Waals surface area contributed by atoms with Gasteiger partial charge in [0.15, 0.2) is 5.65 Å². The number of carboxylic acid groups (broad SMARTS) is 1. The number of piperidine rings is 2. The highest BCUT2D eigenvalue weighted by Crippen LogP contribution is 2.33. The summed E-state index contributed by atoms with van der Waals surface area (Å²) in [5.41, 5.74) is 3.18. The number of hydrogen-bond donors (Lipinski definition) is 1. The number of fused-ring (bicyclic) bond motifs is 1. The summed E-state index contributed by atoms with van der Waals surface area (Å²) < 4.78 is 0.750. The Morgan fingerprint density at radius 3 is 2.48 bits per heavy atom. The third-order valence-corrected chi connectivity index (χ3v) is 7.45.